The zero-order valence-corrected chi connectivity index (χ0v) is 15.9. The lowest BCUT2D eigenvalue weighted by atomic mass is 9.89. The molecular weight excluding hydrogens is 332 g/mol. The summed E-state index contributed by atoms with van der Waals surface area (Å²) >= 11 is 0. The number of rotatable bonds is 4. The normalized spacial score (nSPS) is 14.7. The zero-order chi connectivity index (χ0) is 18.5. The molecule has 4 nitrogen and oxygen atoms in total. The fraction of sp³-hybridized carbons (Fsp3) is 0.391. The van der Waals surface area contributed by atoms with Gasteiger partial charge in [-0.1, -0.05) is 44.1 Å². The quantitative estimate of drug-likeness (QED) is 0.656. The monoisotopic (exact) mass is 358 g/mol. The number of aromatic nitrogens is 3. The summed E-state index contributed by atoms with van der Waals surface area (Å²) in [7, 11) is 0. The molecule has 4 rings (SSSR count). The molecule has 1 aliphatic carbocycles. The molecule has 1 aliphatic rings. The SMILES string of the molecule is CCC#Cc1ccn2ncc(-c3cccc(NCC4CCCCC4)n3)c2c1. The van der Waals surface area contributed by atoms with Gasteiger partial charge < -0.3 is 5.32 Å². The molecule has 0 bridgehead atoms. The summed E-state index contributed by atoms with van der Waals surface area (Å²) in [6, 6.07) is 10.3. The van der Waals surface area contributed by atoms with Crippen LogP contribution in [-0.2, 0) is 0 Å². The van der Waals surface area contributed by atoms with Crippen LogP contribution in [0.25, 0.3) is 16.8 Å². The molecule has 0 aromatic carbocycles. The predicted octanol–water partition coefficient (Wildman–Crippen LogP) is 5.15. The van der Waals surface area contributed by atoms with Crippen LogP contribution in [-0.4, -0.2) is 21.1 Å². The number of hydrogen-bond donors (Lipinski definition) is 1. The zero-order valence-electron chi connectivity index (χ0n) is 15.9. The van der Waals surface area contributed by atoms with Crippen molar-refractivity contribution in [1.29, 1.82) is 0 Å². The average Bonchev–Trinajstić information content (AvgIpc) is 3.15. The molecule has 1 N–H and O–H groups in total. The molecule has 27 heavy (non-hydrogen) atoms. The van der Waals surface area contributed by atoms with E-state index in [0.29, 0.717) is 0 Å². The second kappa shape index (κ2) is 8.26. The van der Waals surface area contributed by atoms with Gasteiger partial charge in [0, 0.05) is 30.3 Å². The van der Waals surface area contributed by atoms with Crippen LogP contribution >= 0.6 is 0 Å². The van der Waals surface area contributed by atoms with Crippen molar-refractivity contribution in [2.45, 2.75) is 45.4 Å². The van der Waals surface area contributed by atoms with E-state index in [1.54, 1.807) is 0 Å². The first-order valence-corrected chi connectivity index (χ1v) is 10.0. The van der Waals surface area contributed by atoms with Gasteiger partial charge in [-0.2, -0.15) is 5.10 Å². The van der Waals surface area contributed by atoms with Crippen LogP contribution in [0.4, 0.5) is 5.82 Å². The first-order valence-electron chi connectivity index (χ1n) is 10.0. The van der Waals surface area contributed by atoms with Gasteiger partial charge in [0.25, 0.3) is 0 Å². The molecule has 1 fully saturated rings. The highest BCUT2D eigenvalue weighted by Crippen LogP contribution is 2.26. The predicted molar refractivity (Wildman–Crippen MR) is 111 cm³/mol. The average molecular weight is 358 g/mol. The van der Waals surface area contributed by atoms with Crippen LogP contribution in [0, 0.1) is 17.8 Å². The lowest BCUT2D eigenvalue weighted by Gasteiger charge is -2.22. The molecule has 138 valence electrons. The minimum atomic E-state index is 0.779. The van der Waals surface area contributed by atoms with Crippen LogP contribution in [0.15, 0.2) is 42.7 Å². The molecule has 0 radical (unpaired) electrons. The largest absolute Gasteiger partial charge is 0.370 e. The number of anilines is 1. The first kappa shape index (κ1) is 17.6. The molecule has 1 saturated carbocycles. The van der Waals surface area contributed by atoms with Crippen molar-refractivity contribution in [3.8, 4) is 23.1 Å². The first-order chi connectivity index (χ1) is 13.3. The van der Waals surface area contributed by atoms with Gasteiger partial charge >= 0.3 is 0 Å². The van der Waals surface area contributed by atoms with Gasteiger partial charge in [-0.05, 0) is 43.0 Å². The Morgan fingerprint density at radius 1 is 1.19 bits per heavy atom. The van der Waals surface area contributed by atoms with Crippen LogP contribution in [0.5, 0.6) is 0 Å². The third kappa shape index (κ3) is 4.14. The molecule has 0 amide bonds. The molecule has 0 spiro atoms. The fourth-order valence-corrected chi connectivity index (χ4v) is 3.77. The minimum Gasteiger partial charge on any atom is -0.370 e. The Kier molecular flexibility index (Phi) is 5.39. The standard InChI is InChI=1S/C23H26N4/c1-2-3-8-18-13-14-27-22(15-18)20(17-25-27)21-11-7-12-23(26-21)24-16-19-9-5-4-6-10-19/h7,11-15,17,19H,2,4-6,9-10,16H2,1H3,(H,24,26). The van der Waals surface area contributed by atoms with E-state index in [9.17, 15) is 0 Å². The van der Waals surface area contributed by atoms with Gasteiger partial charge in [0.05, 0.1) is 17.4 Å². The van der Waals surface area contributed by atoms with Crippen molar-refractivity contribution < 1.29 is 0 Å². The molecule has 3 aromatic heterocycles. The minimum absolute atomic E-state index is 0.779. The van der Waals surface area contributed by atoms with E-state index in [0.717, 1.165) is 47.0 Å². The Labute approximate surface area is 161 Å². The lowest BCUT2D eigenvalue weighted by Crippen LogP contribution is -2.17. The van der Waals surface area contributed by atoms with E-state index < -0.39 is 0 Å². The molecule has 3 heterocycles. The van der Waals surface area contributed by atoms with Crippen molar-refractivity contribution in [3.05, 3.63) is 48.3 Å². The second-order valence-corrected chi connectivity index (χ2v) is 7.25. The summed E-state index contributed by atoms with van der Waals surface area (Å²) in [6.07, 6.45) is 11.5. The van der Waals surface area contributed by atoms with Gasteiger partial charge in [-0.25, -0.2) is 9.50 Å². The molecule has 3 aromatic rings. The summed E-state index contributed by atoms with van der Waals surface area (Å²) in [4.78, 5) is 4.84. The van der Waals surface area contributed by atoms with Gasteiger partial charge in [0.15, 0.2) is 0 Å². The van der Waals surface area contributed by atoms with Crippen LogP contribution in [0.3, 0.4) is 0 Å². The fourth-order valence-electron chi connectivity index (χ4n) is 3.77. The van der Waals surface area contributed by atoms with Crippen molar-refractivity contribution in [3.63, 3.8) is 0 Å². The molecule has 4 heteroatoms. The van der Waals surface area contributed by atoms with E-state index in [1.165, 1.54) is 32.1 Å². The maximum atomic E-state index is 4.84. The smallest absolute Gasteiger partial charge is 0.126 e. The number of nitrogens with one attached hydrogen (secondary N) is 1. The third-order valence-corrected chi connectivity index (χ3v) is 5.25. The molecule has 0 aliphatic heterocycles. The molecular formula is C23H26N4. The van der Waals surface area contributed by atoms with Crippen LogP contribution in [0.1, 0.15) is 51.0 Å². The van der Waals surface area contributed by atoms with E-state index in [2.05, 4.69) is 47.4 Å². The Morgan fingerprint density at radius 2 is 2.07 bits per heavy atom. The molecule has 0 saturated heterocycles. The summed E-state index contributed by atoms with van der Waals surface area (Å²) < 4.78 is 1.89. The Bertz CT molecular complexity index is 971. The van der Waals surface area contributed by atoms with E-state index in [1.807, 2.05) is 29.0 Å². The summed E-state index contributed by atoms with van der Waals surface area (Å²) in [6.45, 7) is 3.08. The third-order valence-electron chi connectivity index (χ3n) is 5.25. The number of pyridine rings is 2. The molecule has 0 unspecified atom stereocenters. The highest BCUT2D eigenvalue weighted by molar-refractivity contribution is 5.79. The van der Waals surface area contributed by atoms with Crippen molar-refractivity contribution >= 4 is 11.3 Å². The van der Waals surface area contributed by atoms with Gasteiger partial charge in [0.1, 0.15) is 5.82 Å². The maximum absolute atomic E-state index is 4.84. The van der Waals surface area contributed by atoms with Gasteiger partial charge in [-0.3, -0.25) is 0 Å². The topological polar surface area (TPSA) is 42.2 Å². The van der Waals surface area contributed by atoms with Crippen molar-refractivity contribution in [2.75, 3.05) is 11.9 Å². The highest BCUT2D eigenvalue weighted by atomic mass is 15.2. The number of nitrogens with zero attached hydrogens (tertiary/aromatic N) is 3. The van der Waals surface area contributed by atoms with Crippen molar-refractivity contribution in [1.82, 2.24) is 14.6 Å². The van der Waals surface area contributed by atoms with Gasteiger partial charge in [-0.15, -0.1) is 0 Å². The summed E-state index contributed by atoms with van der Waals surface area (Å²) in [5.74, 6) is 8.05. The summed E-state index contributed by atoms with van der Waals surface area (Å²) in [5, 5.41) is 8.02. The Balaban J connectivity index is 1.57. The van der Waals surface area contributed by atoms with E-state index in [-0.39, 0.29) is 0 Å². The highest BCUT2D eigenvalue weighted by Gasteiger charge is 2.14. The Hall–Kier alpha value is -2.80. The number of fused-ring (bicyclic) bond motifs is 1. The second-order valence-electron chi connectivity index (χ2n) is 7.25. The summed E-state index contributed by atoms with van der Waals surface area (Å²) in [5.41, 5.74) is 4.03. The van der Waals surface area contributed by atoms with Crippen molar-refractivity contribution in [2.24, 2.45) is 5.92 Å². The maximum Gasteiger partial charge on any atom is 0.126 e. The van der Waals surface area contributed by atoms with E-state index in [4.69, 9.17) is 4.98 Å². The van der Waals surface area contributed by atoms with Crippen LogP contribution < -0.4 is 5.32 Å². The van der Waals surface area contributed by atoms with Crippen LogP contribution in [0.2, 0.25) is 0 Å². The number of hydrogen-bond acceptors (Lipinski definition) is 3. The Morgan fingerprint density at radius 3 is 2.93 bits per heavy atom. The molecule has 0 atom stereocenters. The van der Waals surface area contributed by atoms with E-state index >= 15 is 0 Å². The lowest BCUT2D eigenvalue weighted by molar-refractivity contribution is 0.373. The van der Waals surface area contributed by atoms with Gasteiger partial charge in [0.2, 0.25) is 0 Å².